The number of pyridine rings is 1. The van der Waals surface area contributed by atoms with Crippen molar-refractivity contribution in [1.82, 2.24) is 4.98 Å². The lowest BCUT2D eigenvalue weighted by Gasteiger charge is -1.93. The molecule has 11 heavy (non-hydrogen) atoms. The normalized spacial score (nSPS) is 9.64. The summed E-state index contributed by atoms with van der Waals surface area (Å²) in [6, 6.07) is 1.60. The zero-order valence-electron chi connectivity index (χ0n) is 5.12. The van der Waals surface area contributed by atoms with Gasteiger partial charge in [-0.25, -0.2) is 4.98 Å². The third-order valence-electron chi connectivity index (χ3n) is 0.997. The van der Waals surface area contributed by atoms with E-state index in [4.69, 9.17) is 0 Å². The lowest BCUT2D eigenvalue weighted by molar-refractivity contribution is -0.386. The Labute approximate surface area is 84.4 Å². The van der Waals surface area contributed by atoms with Gasteiger partial charge in [0.1, 0.15) is 10.8 Å². The van der Waals surface area contributed by atoms with Crippen molar-refractivity contribution in [2.24, 2.45) is 0 Å². The highest BCUT2D eigenvalue weighted by atomic mass is 127. The smallest absolute Gasteiger partial charge is 0.258 e. The van der Waals surface area contributed by atoms with Gasteiger partial charge in [-0.15, -0.1) is 0 Å². The second-order valence-electron chi connectivity index (χ2n) is 1.72. The Balaban J connectivity index is 3.20. The van der Waals surface area contributed by atoms with Crippen LogP contribution in [0.15, 0.2) is 16.9 Å². The average molecular weight is 329 g/mol. The molecule has 0 atom stereocenters. The molecule has 0 aliphatic heterocycles. The van der Waals surface area contributed by atoms with Crippen molar-refractivity contribution in [3.05, 3.63) is 30.6 Å². The van der Waals surface area contributed by atoms with E-state index in [0.29, 0.717) is 8.17 Å². The standard InChI is InChI=1S/C5H2BrIN2O2/c6-5-1-3(7)4(2-8-5)9(10)11/h1-2H. The number of aromatic nitrogens is 1. The van der Waals surface area contributed by atoms with Crippen molar-refractivity contribution in [1.29, 1.82) is 0 Å². The molecule has 0 radical (unpaired) electrons. The van der Waals surface area contributed by atoms with Crippen LogP contribution in [0.3, 0.4) is 0 Å². The zero-order chi connectivity index (χ0) is 8.43. The Kier molecular flexibility index (Phi) is 2.77. The molecule has 4 nitrogen and oxygen atoms in total. The second kappa shape index (κ2) is 3.44. The van der Waals surface area contributed by atoms with Crippen LogP contribution < -0.4 is 0 Å². The van der Waals surface area contributed by atoms with Crippen molar-refractivity contribution in [2.75, 3.05) is 0 Å². The third-order valence-corrected chi connectivity index (χ3v) is 2.30. The number of halogens is 2. The number of hydrogen-bond donors (Lipinski definition) is 0. The second-order valence-corrected chi connectivity index (χ2v) is 3.69. The summed E-state index contributed by atoms with van der Waals surface area (Å²) in [5, 5.41) is 10.3. The Morgan fingerprint density at radius 2 is 2.36 bits per heavy atom. The van der Waals surface area contributed by atoms with Crippen LogP contribution in [0.4, 0.5) is 5.69 Å². The van der Waals surface area contributed by atoms with E-state index < -0.39 is 4.92 Å². The topological polar surface area (TPSA) is 56.0 Å². The summed E-state index contributed by atoms with van der Waals surface area (Å²) >= 11 is 5.00. The number of rotatable bonds is 1. The van der Waals surface area contributed by atoms with E-state index >= 15 is 0 Å². The summed E-state index contributed by atoms with van der Waals surface area (Å²) in [7, 11) is 0. The fourth-order valence-electron chi connectivity index (χ4n) is 0.535. The van der Waals surface area contributed by atoms with Crippen LogP contribution in [-0.2, 0) is 0 Å². The Morgan fingerprint density at radius 1 is 1.73 bits per heavy atom. The first kappa shape index (κ1) is 8.85. The molecule has 58 valence electrons. The van der Waals surface area contributed by atoms with Gasteiger partial charge in [0, 0.05) is 0 Å². The monoisotopic (exact) mass is 328 g/mol. The molecule has 0 amide bonds. The van der Waals surface area contributed by atoms with Crippen LogP contribution in [-0.4, -0.2) is 9.91 Å². The van der Waals surface area contributed by atoms with Gasteiger partial charge in [-0.3, -0.25) is 10.1 Å². The molecular formula is C5H2BrIN2O2. The lowest BCUT2D eigenvalue weighted by atomic mass is 10.4. The average Bonchev–Trinajstić information content (AvgIpc) is 1.85. The molecule has 0 spiro atoms. The van der Waals surface area contributed by atoms with Gasteiger partial charge in [0.15, 0.2) is 0 Å². The quantitative estimate of drug-likeness (QED) is 0.344. The van der Waals surface area contributed by atoms with E-state index in [1.165, 1.54) is 6.20 Å². The maximum absolute atomic E-state index is 10.3. The van der Waals surface area contributed by atoms with Gasteiger partial charge in [-0.1, -0.05) is 0 Å². The fourth-order valence-corrected chi connectivity index (χ4v) is 1.93. The molecule has 1 aromatic heterocycles. The van der Waals surface area contributed by atoms with Gasteiger partial charge in [0.05, 0.1) is 8.49 Å². The van der Waals surface area contributed by atoms with Gasteiger partial charge in [0.25, 0.3) is 0 Å². The van der Waals surface area contributed by atoms with Crippen molar-refractivity contribution in [3.63, 3.8) is 0 Å². The highest BCUT2D eigenvalue weighted by Crippen LogP contribution is 2.21. The summed E-state index contributed by atoms with van der Waals surface area (Å²) < 4.78 is 1.18. The van der Waals surface area contributed by atoms with E-state index in [-0.39, 0.29) is 5.69 Å². The minimum absolute atomic E-state index is 0.0359. The minimum atomic E-state index is -0.457. The molecular weight excluding hydrogens is 327 g/mol. The van der Waals surface area contributed by atoms with Gasteiger partial charge in [-0.2, -0.15) is 0 Å². The molecule has 1 rings (SSSR count). The van der Waals surface area contributed by atoms with E-state index in [9.17, 15) is 10.1 Å². The van der Waals surface area contributed by atoms with Crippen molar-refractivity contribution < 1.29 is 4.92 Å². The maximum atomic E-state index is 10.3. The van der Waals surface area contributed by atoms with Crippen molar-refractivity contribution >= 4 is 44.2 Å². The summed E-state index contributed by atoms with van der Waals surface area (Å²) in [5.41, 5.74) is 0.0359. The van der Waals surface area contributed by atoms with Crippen molar-refractivity contribution in [2.45, 2.75) is 0 Å². The van der Waals surface area contributed by atoms with Crippen molar-refractivity contribution in [3.8, 4) is 0 Å². The SMILES string of the molecule is O=[N+]([O-])c1cnc(Br)cc1I. The first-order chi connectivity index (χ1) is 5.11. The molecule has 0 saturated heterocycles. The lowest BCUT2D eigenvalue weighted by Crippen LogP contribution is -1.92. The molecule has 0 aliphatic carbocycles. The highest BCUT2D eigenvalue weighted by molar-refractivity contribution is 14.1. The number of nitro groups is 1. The molecule has 1 heterocycles. The minimum Gasteiger partial charge on any atom is -0.258 e. The maximum Gasteiger partial charge on any atom is 0.300 e. The van der Waals surface area contributed by atoms with Gasteiger partial charge in [-0.05, 0) is 44.6 Å². The Morgan fingerprint density at radius 3 is 2.82 bits per heavy atom. The summed E-state index contributed by atoms with van der Waals surface area (Å²) in [5.74, 6) is 0. The first-order valence-electron chi connectivity index (χ1n) is 2.56. The molecule has 1 aromatic rings. The third kappa shape index (κ3) is 2.09. The molecule has 0 unspecified atom stereocenters. The van der Waals surface area contributed by atoms with E-state index in [1.807, 2.05) is 22.6 Å². The number of nitrogens with zero attached hydrogens (tertiary/aromatic N) is 2. The zero-order valence-corrected chi connectivity index (χ0v) is 8.87. The summed E-state index contributed by atoms with van der Waals surface area (Å²) in [6.07, 6.45) is 1.23. The van der Waals surface area contributed by atoms with Gasteiger partial charge in [0.2, 0.25) is 0 Å². The van der Waals surface area contributed by atoms with Crippen LogP contribution in [0.1, 0.15) is 0 Å². The van der Waals surface area contributed by atoms with E-state index in [0.717, 1.165) is 0 Å². The molecule has 0 bridgehead atoms. The molecule has 0 saturated carbocycles. The van der Waals surface area contributed by atoms with Crippen LogP contribution in [0.2, 0.25) is 0 Å². The summed E-state index contributed by atoms with van der Waals surface area (Å²) in [4.78, 5) is 13.6. The highest BCUT2D eigenvalue weighted by Gasteiger charge is 2.11. The largest absolute Gasteiger partial charge is 0.300 e. The van der Waals surface area contributed by atoms with Crippen LogP contribution in [0.25, 0.3) is 0 Å². The first-order valence-corrected chi connectivity index (χ1v) is 4.44. The number of hydrogen-bond acceptors (Lipinski definition) is 3. The van der Waals surface area contributed by atoms with Gasteiger partial charge < -0.3 is 0 Å². The molecule has 0 aliphatic rings. The van der Waals surface area contributed by atoms with Crippen LogP contribution in [0, 0.1) is 13.7 Å². The van der Waals surface area contributed by atoms with E-state index in [1.54, 1.807) is 6.07 Å². The molecule has 0 aromatic carbocycles. The summed E-state index contributed by atoms with van der Waals surface area (Å²) in [6.45, 7) is 0. The van der Waals surface area contributed by atoms with Crippen LogP contribution >= 0.6 is 38.5 Å². The van der Waals surface area contributed by atoms with E-state index in [2.05, 4.69) is 20.9 Å². The Hall–Kier alpha value is -0.240. The predicted octanol–water partition coefficient (Wildman–Crippen LogP) is 2.36. The van der Waals surface area contributed by atoms with Gasteiger partial charge >= 0.3 is 5.69 Å². The fraction of sp³-hybridized carbons (Fsp3) is 0. The Bertz CT molecular complexity index is 305. The predicted molar refractivity (Wildman–Crippen MR) is 51.3 cm³/mol. The molecule has 0 fully saturated rings. The molecule has 0 N–H and O–H groups in total. The molecule has 6 heteroatoms. The van der Waals surface area contributed by atoms with Crippen LogP contribution in [0.5, 0.6) is 0 Å².